The molecule has 0 spiro atoms. The van der Waals surface area contributed by atoms with Gasteiger partial charge in [-0.25, -0.2) is 4.79 Å². The normalized spacial score (nSPS) is 15.7. The smallest absolute Gasteiger partial charge is 0.336 e. The lowest BCUT2D eigenvalue weighted by Gasteiger charge is -2.54. The van der Waals surface area contributed by atoms with Gasteiger partial charge in [0.25, 0.3) is 5.69 Å². The van der Waals surface area contributed by atoms with Crippen LogP contribution < -0.4 is 9.47 Å². The summed E-state index contributed by atoms with van der Waals surface area (Å²) in [5.74, 6) is -4.19. The molecule has 3 unspecified atom stereocenters. The Bertz CT molecular complexity index is 2470. The van der Waals surface area contributed by atoms with E-state index in [0.29, 0.717) is 11.5 Å². The molecule has 2 N–H and O–H groups in total. The van der Waals surface area contributed by atoms with Crippen LogP contribution in [-0.2, 0) is 24.7 Å². The summed E-state index contributed by atoms with van der Waals surface area (Å²) in [5, 5.41) is 34.7. The minimum Gasteiger partial charge on any atom is -0.493 e. The number of nitro benzene ring substituents is 1. The fourth-order valence-electron chi connectivity index (χ4n) is 9.06. The summed E-state index contributed by atoms with van der Waals surface area (Å²) < 4.78 is 17.3. The maximum absolute atomic E-state index is 14.1. The number of aliphatic imine (C=N–C) groups is 1. The van der Waals surface area contributed by atoms with Gasteiger partial charge in [0.15, 0.2) is 11.5 Å². The van der Waals surface area contributed by atoms with Gasteiger partial charge in [-0.1, -0.05) is 115 Å². The Morgan fingerprint density at radius 3 is 1.88 bits per heavy atom. The number of amides is 1. The van der Waals surface area contributed by atoms with Crippen LogP contribution in [0.25, 0.3) is 0 Å². The molecule has 0 saturated carbocycles. The Morgan fingerprint density at radius 1 is 0.833 bits per heavy atom. The van der Waals surface area contributed by atoms with Gasteiger partial charge in [-0.2, -0.15) is 0 Å². The van der Waals surface area contributed by atoms with Gasteiger partial charge in [0.2, 0.25) is 5.91 Å². The van der Waals surface area contributed by atoms with Crippen molar-refractivity contribution in [2.24, 2.45) is 10.9 Å². The van der Waals surface area contributed by atoms with E-state index in [1.807, 2.05) is 117 Å². The molecule has 344 valence electrons. The van der Waals surface area contributed by atoms with Crippen molar-refractivity contribution in [2.45, 2.75) is 57.7 Å². The van der Waals surface area contributed by atoms with Gasteiger partial charge >= 0.3 is 11.9 Å². The number of nitro groups is 1. The average Bonchev–Trinajstić information content (AvgIpc) is 3.31. The van der Waals surface area contributed by atoms with Crippen LogP contribution in [0, 0.1) is 16.0 Å². The van der Waals surface area contributed by atoms with E-state index in [9.17, 15) is 34.7 Å². The van der Waals surface area contributed by atoms with Crippen molar-refractivity contribution in [3.05, 3.63) is 183 Å². The number of aliphatic hydroxyl groups is 1. The second-order valence-electron chi connectivity index (χ2n) is 16.7. The van der Waals surface area contributed by atoms with Crippen molar-refractivity contribution in [2.75, 3.05) is 40.0 Å². The van der Waals surface area contributed by atoms with Gasteiger partial charge in [0.05, 0.1) is 42.0 Å². The number of aliphatic carboxylic acids is 1. The fraction of sp³-hybridized carbons (Fsp3) is 0.308. The lowest BCUT2D eigenvalue weighted by atomic mass is 9.73. The third-order valence-corrected chi connectivity index (χ3v) is 11.9. The summed E-state index contributed by atoms with van der Waals surface area (Å²) in [7, 11) is 1.54. The maximum Gasteiger partial charge on any atom is 0.336 e. The number of nitrogens with zero attached hydrogens (tertiary/aromatic N) is 4. The number of carbonyl (C=O) groups is 3. The molecule has 3 atom stereocenters. The van der Waals surface area contributed by atoms with Gasteiger partial charge in [-0.05, 0) is 62.1 Å². The van der Waals surface area contributed by atoms with Crippen LogP contribution in [0.2, 0.25) is 0 Å². The number of rotatable bonds is 20. The first-order chi connectivity index (χ1) is 31.6. The summed E-state index contributed by atoms with van der Waals surface area (Å²) in [4.78, 5) is 61.0. The molecule has 1 aliphatic heterocycles. The van der Waals surface area contributed by atoms with Crippen LogP contribution in [0.1, 0.15) is 62.8 Å². The topological polar surface area (TPSA) is 181 Å². The zero-order chi connectivity index (χ0) is 47.6. The van der Waals surface area contributed by atoms with E-state index < -0.39 is 45.9 Å². The predicted octanol–water partition coefficient (Wildman–Crippen LogP) is 8.04. The van der Waals surface area contributed by atoms with E-state index in [4.69, 9.17) is 19.2 Å². The summed E-state index contributed by atoms with van der Waals surface area (Å²) in [5.41, 5.74) is 0.484. The van der Waals surface area contributed by atoms with Crippen molar-refractivity contribution in [1.82, 2.24) is 9.80 Å². The molecule has 6 rings (SSSR count). The Morgan fingerprint density at radius 2 is 1.38 bits per heavy atom. The van der Waals surface area contributed by atoms with E-state index in [-0.39, 0.29) is 67.0 Å². The molecule has 5 aromatic carbocycles. The zero-order valence-electron chi connectivity index (χ0n) is 38.0. The largest absolute Gasteiger partial charge is 0.493 e. The summed E-state index contributed by atoms with van der Waals surface area (Å²) in [6.45, 7) is 8.06. The third kappa shape index (κ3) is 10.4. The van der Waals surface area contributed by atoms with E-state index in [2.05, 4.69) is 4.90 Å². The van der Waals surface area contributed by atoms with Crippen molar-refractivity contribution in [3.63, 3.8) is 0 Å². The Hall–Kier alpha value is -7.16. The molecule has 1 amide bonds. The maximum atomic E-state index is 14.1. The Kier molecular flexibility index (Phi) is 15.5. The van der Waals surface area contributed by atoms with Crippen molar-refractivity contribution >= 4 is 29.2 Å². The number of para-hydroxylation sites is 2. The first-order valence-electron chi connectivity index (χ1n) is 21.7. The Labute approximate surface area is 384 Å². The molecule has 14 nitrogen and oxygen atoms in total. The lowest BCUT2D eigenvalue weighted by molar-refractivity contribution is -0.384. The molecule has 0 radical (unpaired) electrons. The number of methoxy groups -OCH3 is 1. The summed E-state index contributed by atoms with van der Waals surface area (Å²) in [6, 6.07) is 42.4. The quantitative estimate of drug-likeness (QED) is 0.0334. The van der Waals surface area contributed by atoms with Crippen molar-refractivity contribution < 1.29 is 43.7 Å². The molecular formula is C52H56N4O10. The molecule has 0 bridgehead atoms. The second-order valence-corrected chi connectivity index (χ2v) is 16.7. The molecule has 14 heteroatoms. The van der Waals surface area contributed by atoms with Gasteiger partial charge in [0, 0.05) is 49.3 Å². The highest BCUT2D eigenvalue weighted by molar-refractivity contribution is 6.06. The number of non-ortho nitro benzene ring substituents is 1. The van der Waals surface area contributed by atoms with Gasteiger partial charge in [0.1, 0.15) is 18.6 Å². The number of carboxylic acid groups (broad SMARTS) is 1. The molecule has 1 aliphatic rings. The number of β-amino-alcohol motifs (C(OH)–C–C–N with tert-alkyl or cyclic N) is 1. The van der Waals surface area contributed by atoms with Crippen LogP contribution in [0.15, 0.2) is 156 Å². The summed E-state index contributed by atoms with van der Waals surface area (Å²) in [6.07, 6.45) is -1.11. The molecule has 0 fully saturated rings. The van der Waals surface area contributed by atoms with Crippen molar-refractivity contribution in [3.8, 4) is 11.5 Å². The zero-order valence-corrected chi connectivity index (χ0v) is 38.0. The third-order valence-electron chi connectivity index (χ3n) is 11.9. The van der Waals surface area contributed by atoms with E-state index in [1.54, 1.807) is 26.2 Å². The highest BCUT2D eigenvalue weighted by Gasteiger charge is 2.50. The number of carbonyl (C=O) groups excluding carboxylic acids is 2. The van der Waals surface area contributed by atoms with Crippen LogP contribution in [0.3, 0.4) is 0 Å². The number of carboxylic acids is 1. The van der Waals surface area contributed by atoms with Gasteiger partial charge in [-0.15, -0.1) is 0 Å². The van der Waals surface area contributed by atoms with Crippen LogP contribution >= 0.6 is 0 Å². The van der Waals surface area contributed by atoms with Crippen LogP contribution in [0.4, 0.5) is 5.69 Å². The monoisotopic (exact) mass is 896 g/mol. The fourth-order valence-corrected chi connectivity index (χ4v) is 9.06. The SMILES string of the molecule is CCOC(=O)C1=C(CN(CC(C)(C)N(CC(O)COc2ccccc2OC)C(c2ccccc2)(c2ccccc2)c2ccccc2)C(C)=O)N=C(C)C(C(=O)O)C1c1cccc([N+](=O)[O-])c1. The average molecular weight is 897 g/mol. The first-order valence-corrected chi connectivity index (χ1v) is 21.7. The number of hydrogen-bond acceptors (Lipinski definition) is 11. The van der Waals surface area contributed by atoms with Crippen molar-refractivity contribution in [1.29, 1.82) is 0 Å². The highest BCUT2D eigenvalue weighted by Crippen LogP contribution is 2.47. The lowest BCUT2D eigenvalue weighted by Crippen LogP contribution is -2.63. The molecule has 5 aromatic rings. The number of esters is 1. The number of ether oxygens (including phenoxy) is 3. The number of benzene rings is 5. The van der Waals surface area contributed by atoms with E-state index >= 15 is 0 Å². The van der Waals surface area contributed by atoms with Crippen LogP contribution in [0.5, 0.6) is 11.5 Å². The second kappa shape index (κ2) is 21.2. The van der Waals surface area contributed by atoms with E-state index in [1.165, 1.54) is 43.0 Å². The minimum atomic E-state index is -1.38. The number of hydrogen-bond donors (Lipinski definition) is 2. The highest BCUT2D eigenvalue weighted by atomic mass is 16.6. The molecule has 0 aliphatic carbocycles. The van der Waals surface area contributed by atoms with Gasteiger partial charge in [-0.3, -0.25) is 29.6 Å². The predicted molar refractivity (Wildman–Crippen MR) is 250 cm³/mol. The molecule has 0 aromatic heterocycles. The summed E-state index contributed by atoms with van der Waals surface area (Å²) >= 11 is 0. The first kappa shape index (κ1) is 48.3. The molecule has 1 heterocycles. The molecule has 0 saturated heterocycles. The standard InChI is InChI=1S/C52H56N4O10/c1-7-65-50(61)48-43(53-35(2)46(49(59)60)47(48)37-20-19-27-41(30-37)56(62)63)32-54(36(3)57)34-51(4,5)55(31-42(58)33-66-45-29-18-17-28-44(45)64-6)52(38-21-11-8-12-22-38,39-23-13-9-14-24-39)40-25-15-10-16-26-40/h8-30,42,46-47,58H,7,31-34H2,1-6H3,(H,59,60). The van der Waals surface area contributed by atoms with Gasteiger partial charge < -0.3 is 29.3 Å². The molecule has 66 heavy (non-hydrogen) atoms. The molecular weight excluding hydrogens is 841 g/mol. The Balaban J connectivity index is 1.53. The van der Waals surface area contributed by atoms with E-state index in [0.717, 1.165) is 16.7 Å². The minimum absolute atomic E-state index is 0.00528. The number of aliphatic hydroxyl groups excluding tert-OH is 1. The van der Waals surface area contributed by atoms with Crippen LogP contribution in [-0.4, -0.2) is 100 Å².